The van der Waals surface area contributed by atoms with Crippen LogP contribution in [-0.4, -0.2) is 87.0 Å². The van der Waals surface area contributed by atoms with E-state index >= 15 is 0 Å². The molecule has 58 heavy (non-hydrogen) atoms. The lowest BCUT2D eigenvalue weighted by Crippen LogP contribution is -2.56. The number of hydrogen-bond acceptors (Lipinski definition) is 10. The second-order valence-corrected chi connectivity index (χ2v) is 21.2. The van der Waals surface area contributed by atoms with Crippen LogP contribution in [0.25, 0.3) is 0 Å². The Hall–Kier alpha value is -1.93. The maximum absolute atomic E-state index is 6.38. The van der Waals surface area contributed by atoms with E-state index < -0.39 is 0 Å². The number of rotatable bonds is 12. The molecular formula is C44H80B3BrN4O6. The molecule has 328 valence electrons. The van der Waals surface area contributed by atoms with Crippen molar-refractivity contribution in [2.45, 2.75) is 104 Å². The van der Waals surface area contributed by atoms with Gasteiger partial charge in [0, 0.05) is 86.5 Å². The highest BCUT2D eigenvalue weighted by atomic mass is 79.9. The number of benzene rings is 2. The maximum atomic E-state index is 6.38. The zero-order chi connectivity index (χ0) is 42.7. The van der Waals surface area contributed by atoms with Gasteiger partial charge in [0.05, 0.1) is 22.7 Å². The lowest BCUT2D eigenvalue weighted by atomic mass is 9.47. The Labute approximate surface area is 364 Å². The number of nitrogens with two attached hydrogens (primary N) is 2. The fraction of sp³-hybridized carbons (Fsp3) is 0.727. The Morgan fingerprint density at radius 1 is 0.534 bits per heavy atom. The van der Waals surface area contributed by atoms with Crippen molar-refractivity contribution in [2.24, 2.45) is 39.9 Å². The van der Waals surface area contributed by atoms with Crippen molar-refractivity contribution in [1.82, 2.24) is 0 Å². The third-order valence-corrected chi connectivity index (χ3v) is 9.86. The maximum Gasteiger partial charge on any atom is 0.493 e. The summed E-state index contributed by atoms with van der Waals surface area (Å²) in [6.45, 7) is 38.9. The smallest absolute Gasteiger partial charge is 0.413 e. The van der Waals surface area contributed by atoms with E-state index in [-0.39, 0.29) is 44.8 Å². The zero-order valence-electron chi connectivity index (χ0n) is 38.0. The van der Waals surface area contributed by atoms with Crippen LogP contribution in [0.2, 0.25) is 0 Å². The Morgan fingerprint density at radius 3 is 1.16 bits per heavy atom. The first-order valence-electron chi connectivity index (χ1n) is 21.1. The molecule has 2 aromatic rings. The summed E-state index contributed by atoms with van der Waals surface area (Å²) in [7, 11) is -1.05. The molecule has 14 heteroatoms. The van der Waals surface area contributed by atoms with Gasteiger partial charge in [-0.05, 0) is 59.5 Å². The van der Waals surface area contributed by atoms with Crippen molar-refractivity contribution in [3.8, 4) is 0 Å². The van der Waals surface area contributed by atoms with Crippen molar-refractivity contribution < 1.29 is 27.9 Å². The number of hydrogen-bond donors (Lipinski definition) is 2. The summed E-state index contributed by atoms with van der Waals surface area (Å²) < 4.78 is 35.3. The molecule has 3 fully saturated rings. The lowest BCUT2D eigenvalue weighted by Gasteiger charge is -2.38. The van der Waals surface area contributed by atoms with Crippen LogP contribution in [0, 0.1) is 39.9 Å². The molecule has 0 amide bonds. The highest BCUT2D eigenvalue weighted by Gasteiger charge is 2.47. The van der Waals surface area contributed by atoms with Gasteiger partial charge in [0.2, 0.25) is 0 Å². The molecule has 3 saturated heterocycles. The normalized spacial score (nSPS) is 18.6. The second-order valence-electron chi connectivity index (χ2n) is 20.3. The van der Waals surface area contributed by atoms with Gasteiger partial charge in [0.15, 0.2) is 0 Å². The Balaban J connectivity index is 0.000000306. The van der Waals surface area contributed by atoms with E-state index in [1.807, 2.05) is 12.1 Å². The fourth-order valence-corrected chi connectivity index (χ4v) is 7.11. The van der Waals surface area contributed by atoms with Crippen molar-refractivity contribution >= 4 is 65.3 Å². The minimum atomic E-state index is -0.371. The highest BCUT2D eigenvalue weighted by molar-refractivity contribution is 9.10. The lowest BCUT2D eigenvalue weighted by molar-refractivity contribution is 0.00624. The van der Waals surface area contributed by atoms with Gasteiger partial charge < -0.3 is 49.2 Å². The molecule has 0 unspecified atom stereocenters. The second kappa shape index (κ2) is 23.3. The molecular weight excluding hydrogens is 793 g/mol. The molecule has 4 N–H and O–H groups in total. The van der Waals surface area contributed by atoms with Gasteiger partial charge in [-0.3, -0.25) is 0 Å². The van der Waals surface area contributed by atoms with Crippen molar-refractivity contribution in [1.29, 1.82) is 0 Å². The predicted octanol–water partition coefficient (Wildman–Crippen LogP) is 9.13. The zero-order valence-corrected chi connectivity index (χ0v) is 39.5. The van der Waals surface area contributed by atoms with Crippen LogP contribution in [0.4, 0.5) is 22.7 Å². The van der Waals surface area contributed by atoms with Gasteiger partial charge in [0.1, 0.15) is 0 Å². The number of nitrogens with zero attached hydrogens (tertiary/aromatic N) is 2. The van der Waals surface area contributed by atoms with E-state index in [2.05, 4.69) is 147 Å². The van der Waals surface area contributed by atoms with Crippen molar-refractivity contribution in [3.05, 3.63) is 40.9 Å². The van der Waals surface area contributed by atoms with Crippen molar-refractivity contribution in [3.63, 3.8) is 0 Å². The largest absolute Gasteiger partial charge is 0.493 e. The minimum Gasteiger partial charge on any atom is -0.413 e. The quantitative estimate of drug-likeness (QED) is 0.158. The topological polar surface area (TPSA) is 114 Å². The molecule has 0 saturated carbocycles. The molecule has 5 rings (SSSR count). The molecule has 0 atom stereocenters. The monoisotopic (exact) mass is 873 g/mol. The average molecular weight is 873 g/mol. The summed E-state index contributed by atoms with van der Waals surface area (Å²) in [6.07, 6.45) is 0. The summed E-state index contributed by atoms with van der Waals surface area (Å²) in [5, 5.41) is 0. The number of nitrogen functional groups attached to an aromatic ring is 2. The Bertz CT molecular complexity index is 1440. The molecule has 0 bridgehead atoms. The molecule has 3 aliphatic heterocycles. The minimum absolute atomic E-state index is 0. The van der Waals surface area contributed by atoms with Crippen molar-refractivity contribution in [2.75, 3.05) is 87.1 Å². The van der Waals surface area contributed by atoms with Gasteiger partial charge in [-0.1, -0.05) is 126 Å². The van der Waals surface area contributed by atoms with Gasteiger partial charge >= 0.3 is 21.1 Å². The van der Waals surface area contributed by atoms with E-state index in [1.165, 1.54) is 0 Å². The molecule has 3 heterocycles. The van der Waals surface area contributed by atoms with Crippen LogP contribution in [0.3, 0.4) is 0 Å². The number of halogens is 1. The van der Waals surface area contributed by atoms with Crippen LogP contribution < -0.4 is 26.7 Å². The van der Waals surface area contributed by atoms with Crippen LogP contribution in [-0.2, 0) is 27.9 Å². The van der Waals surface area contributed by atoms with Crippen LogP contribution >= 0.6 is 15.9 Å². The predicted molar refractivity (Wildman–Crippen MR) is 254 cm³/mol. The summed E-state index contributed by atoms with van der Waals surface area (Å²) in [5.41, 5.74) is 17.6. The van der Waals surface area contributed by atoms with E-state index in [4.69, 9.17) is 39.4 Å². The SMILES string of the molecule is C.CC(C)CN(CC(C)C)c1ccc(B2OCC(C)(C)CO2)cc1N.CC(C)CN(CC(C)C)c1ccc(Br)cc1N.CC1(C)COB(B2OCC(C)(C)CO2)OC1. The molecule has 10 nitrogen and oxygen atoms in total. The van der Waals surface area contributed by atoms with Crippen LogP contribution in [0.15, 0.2) is 40.9 Å². The van der Waals surface area contributed by atoms with Gasteiger partial charge in [-0.15, -0.1) is 0 Å². The molecule has 0 spiro atoms. The standard InChI is InChI=1S/C19H33BN2O2.C14H23BrN2.C10H20B2O4.CH4/c1-14(2)10-22(11-15(3)4)18-8-7-16(9-17(18)21)20-23-12-19(5,6)13-24-20;1-10(2)8-17(9-11(3)4)14-6-5-12(15)7-13(14)16;1-9(2)5-13-11(14-6-9)12-15-7-10(3,4)8-16-12;/h7-9,14-15H,10-13,21H2,1-6H3;5-7,10-11H,8-9,16H2,1-4H3;5-8H2,1-4H3;1H4. The molecule has 0 aromatic heterocycles. The molecule has 0 aliphatic carbocycles. The Morgan fingerprint density at radius 2 is 0.845 bits per heavy atom. The highest BCUT2D eigenvalue weighted by Crippen LogP contribution is 2.30. The van der Waals surface area contributed by atoms with Gasteiger partial charge in [0.25, 0.3) is 0 Å². The first-order chi connectivity index (χ1) is 26.5. The summed E-state index contributed by atoms with van der Waals surface area (Å²) in [6, 6.07) is 12.3. The van der Waals surface area contributed by atoms with E-state index in [9.17, 15) is 0 Å². The third kappa shape index (κ3) is 18.0. The van der Waals surface area contributed by atoms with E-state index in [0.717, 1.165) is 58.9 Å². The molecule has 3 aliphatic rings. The van der Waals surface area contributed by atoms with Crippen LogP contribution in [0.5, 0.6) is 0 Å². The first-order valence-corrected chi connectivity index (χ1v) is 21.9. The third-order valence-electron chi connectivity index (χ3n) is 9.36. The molecule has 0 radical (unpaired) electrons. The summed E-state index contributed by atoms with van der Waals surface area (Å²) in [5.74, 6) is 2.46. The van der Waals surface area contributed by atoms with Crippen LogP contribution in [0.1, 0.15) is 104 Å². The first kappa shape index (κ1) is 52.2. The van der Waals surface area contributed by atoms with Gasteiger partial charge in [-0.25, -0.2) is 0 Å². The van der Waals surface area contributed by atoms with Gasteiger partial charge in [-0.2, -0.15) is 0 Å². The summed E-state index contributed by atoms with van der Waals surface area (Å²) >= 11 is 3.45. The molecule has 2 aromatic carbocycles. The Kier molecular flexibility index (Phi) is 21.0. The summed E-state index contributed by atoms with van der Waals surface area (Å²) in [4.78, 5) is 4.78. The van der Waals surface area contributed by atoms with E-state index in [0.29, 0.717) is 63.3 Å². The van der Waals surface area contributed by atoms with E-state index in [1.54, 1.807) is 0 Å². The number of anilines is 4. The average Bonchev–Trinajstić information content (AvgIpc) is 3.08. The fourth-order valence-electron chi connectivity index (χ4n) is 6.74.